The van der Waals surface area contributed by atoms with Gasteiger partial charge >= 0.3 is 0 Å². The number of likely N-dealkylation sites (tertiary alicyclic amines) is 1. The minimum Gasteiger partial charge on any atom is -0.354 e. The lowest BCUT2D eigenvalue weighted by Crippen LogP contribution is -2.46. The molecule has 2 atom stereocenters. The lowest BCUT2D eigenvalue weighted by molar-refractivity contribution is -0.123. The molecule has 2 heterocycles. The van der Waals surface area contributed by atoms with Crippen LogP contribution in [0.15, 0.2) is 18.2 Å². The summed E-state index contributed by atoms with van der Waals surface area (Å²) >= 11 is 0. The summed E-state index contributed by atoms with van der Waals surface area (Å²) in [6.07, 6.45) is 4.06. The second-order valence-electron chi connectivity index (χ2n) is 7.40. The summed E-state index contributed by atoms with van der Waals surface area (Å²) in [7, 11) is 0. The number of hydrogen-bond acceptors (Lipinski definition) is 3. The molecule has 0 unspecified atom stereocenters. The van der Waals surface area contributed by atoms with Gasteiger partial charge in [-0.05, 0) is 69.2 Å². The van der Waals surface area contributed by atoms with Crippen LogP contribution in [0.5, 0.6) is 0 Å². The van der Waals surface area contributed by atoms with E-state index in [4.69, 9.17) is 0 Å². The molecule has 0 radical (unpaired) electrons. The minimum absolute atomic E-state index is 0.0312. The molecule has 2 aliphatic rings. The average Bonchev–Trinajstić information content (AvgIpc) is 3.16. The number of nitrogens with one attached hydrogen (secondary N) is 2. The number of benzene rings is 1. The van der Waals surface area contributed by atoms with Crippen molar-refractivity contribution < 1.29 is 9.59 Å². The molecule has 5 heteroatoms. The van der Waals surface area contributed by atoms with E-state index >= 15 is 0 Å². The fourth-order valence-corrected chi connectivity index (χ4v) is 3.85. The third kappa shape index (κ3) is 4.21. The fourth-order valence-electron chi connectivity index (χ4n) is 3.85. The van der Waals surface area contributed by atoms with E-state index in [0.717, 1.165) is 62.0 Å². The standard InChI is InChI=1S/C20H29N3O2/c1-14-6-3-8-17(15(14)2)20(25)23-11-5-7-16(13-23)12-22-19(24)18-9-4-10-21-18/h3,6,8,16,18,21H,4-5,7,9-13H2,1-2H3,(H,22,24)/t16-,18+/m1/s1. The molecule has 0 bridgehead atoms. The number of piperidine rings is 1. The largest absolute Gasteiger partial charge is 0.354 e. The molecule has 2 aliphatic heterocycles. The van der Waals surface area contributed by atoms with Gasteiger partial charge in [0.05, 0.1) is 6.04 Å². The summed E-state index contributed by atoms with van der Waals surface area (Å²) in [5, 5.41) is 6.30. The maximum atomic E-state index is 12.9. The Kier molecular flexibility index (Phi) is 5.74. The Balaban J connectivity index is 1.56. The van der Waals surface area contributed by atoms with E-state index in [1.165, 1.54) is 0 Å². The van der Waals surface area contributed by atoms with Gasteiger partial charge in [0.15, 0.2) is 0 Å². The number of carbonyl (C=O) groups excluding carboxylic acids is 2. The zero-order valence-corrected chi connectivity index (χ0v) is 15.3. The van der Waals surface area contributed by atoms with E-state index in [1.807, 2.05) is 36.9 Å². The van der Waals surface area contributed by atoms with Gasteiger partial charge < -0.3 is 15.5 Å². The summed E-state index contributed by atoms with van der Waals surface area (Å²) in [4.78, 5) is 27.0. The first-order chi connectivity index (χ1) is 12.1. The van der Waals surface area contributed by atoms with Gasteiger partial charge in [0, 0.05) is 25.2 Å². The molecule has 136 valence electrons. The maximum absolute atomic E-state index is 12.9. The number of aryl methyl sites for hydroxylation is 1. The number of rotatable bonds is 4. The van der Waals surface area contributed by atoms with Gasteiger partial charge in [-0.2, -0.15) is 0 Å². The number of nitrogens with zero attached hydrogens (tertiary/aromatic N) is 1. The Hall–Kier alpha value is -1.88. The van der Waals surface area contributed by atoms with Gasteiger partial charge in [0.25, 0.3) is 5.91 Å². The van der Waals surface area contributed by atoms with E-state index in [0.29, 0.717) is 12.5 Å². The van der Waals surface area contributed by atoms with Gasteiger partial charge in [-0.25, -0.2) is 0 Å². The summed E-state index contributed by atoms with van der Waals surface area (Å²) < 4.78 is 0. The average molecular weight is 343 g/mol. The molecule has 5 nitrogen and oxygen atoms in total. The Morgan fingerprint density at radius 1 is 1.24 bits per heavy atom. The molecule has 2 amide bonds. The fraction of sp³-hybridized carbons (Fsp3) is 0.600. The van der Waals surface area contributed by atoms with Gasteiger partial charge in [-0.3, -0.25) is 9.59 Å². The summed E-state index contributed by atoms with van der Waals surface area (Å²) in [6, 6.07) is 5.88. The van der Waals surface area contributed by atoms with Gasteiger partial charge in [0.1, 0.15) is 0 Å². The molecular weight excluding hydrogens is 314 g/mol. The smallest absolute Gasteiger partial charge is 0.254 e. The highest BCUT2D eigenvalue weighted by atomic mass is 16.2. The van der Waals surface area contributed by atoms with Crippen molar-refractivity contribution in [3.8, 4) is 0 Å². The summed E-state index contributed by atoms with van der Waals surface area (Å²) in [6.45, 7) is 7.18. The summed E-state index contributed by atoms with van der Waals surface area (Å²) in [5.41, 5.74) is 3.02. The van der Waals surface area contributed by atoms with Crippen LogP contribution in [-0.4, -0.2) is 48.9 Å². The van der Waals surface area contributed by atoms with Crippen molar-refractivity contribution in [1.29, 1.82) is 0 Å². The molecule has 25 heavy (non-hydrogen) atoms. The normalized spacial score (nSPS) is 23.5. The first-order valence-corrected chi connectivity index (χ1v) is 9.43. The highest BCUT2D eigenvalue weighted by Crippen LogP contribution is 2.21. The Morgan fingerprint density at radius 2 is 2.08 bits per heavy atom. The second kappa shape index (κ2) is 8.00. The minimum atomic E-state index is -0.0312. The molecule has 3 rings (SSSR count). The van der Waals surface area contributed by atoms with E-state index in [9.17, 15) is 9.59 Å². The molecule has 0 spiro atoms. The molecule has 1 aromatic rings. The molecule has 2 saturated heterocycles. The third-order valence-corrected chi connectivity index (χ3v) is 5.58. The molecule has 0 aromatic heterocycles. The van der Waals surface area contributed by atoms with Crippen LogP contribution in [0.2, 0.25) is 0 Å². The van der Waals surface area contributed by atoms with E-state index in [-0.39, 0.29) is 17.9 Å². The lowest BCUT2D eigenvalue weighted by Gasteiger charge is -2.33. The molecular formula is C20H29N3O2. The van der Waals surface area contributed by atoms with Crippen LogP contribution in [-0.2, 0) is 4.79 Å². The zero-order valence-electron chi connectivity index (χ0n) is 15.3. The second-order valence-corrected chi connectivity index (χ2v) is 7.40. The molecule has 2 fully saturated rings. The Morgan fingerprint density at radius 3 is 2.84 bits per heavy atom. The first-order valence-electron chi connectivity index (χ1n) is 9.43. The van der Waals surface area contributed by atoms with E-state index in [1.54, 1.807) is 0 Å². The van der Waals surface area contributed by atoms with Crippen LogP contribution in [0, 0.1) is 19.8 Å². The van der Waals surface area contributed by atoms with Gasteiger partial charge in [-0.15, -0.1) is 0 Å². The number of hydrogen-bond donors (Lipinski definition) is 2. The molecule has 0 aliphatic carbocycles. The Labute approximate surface area is 150 Å². The van der Waals surface area contributed by atoms with Gasteiger partial charge in [0.2, 0.25) is 5.91 Å². The predicted molar refractivity (Wildman–Crippen MR) is 98.6 cm³/mol. The molecule has 2 N–H and O–H groups in total. The van der Waals surface area contributed by atoms with Crippen molar-refractivity contribution in [1.82, 2.24) is 15.5 Å². The van der Waals surface area contributed by atoms with Crippen LogP contribution in [0.3, 0.4) is 0 Å². The quantitative estimate of drug-likeness (QED) is 0.879. The third-order valence-electron chi connectivity index (χ3n) is 5.58. The monoisotopic (exact) mass is 343 g/mol. The van der Waals surface area contributed by atoms with E-state index < -0.39 is 0 Å². The van der Waals surface area contributed by atoms with Crippen molar-refractivity contribution in [2.45, 2.75) is 45.6 Å². The Bertz CT molecular complexity index is 638. The van der Waals surface area contributed by atoms with Crippen molar-refractivity contribution >= 4 is 11.8 Å². The van der Waals surface area contributed by atoms with Crippen LogP contribution in [0.1, 0.15) is 47.2 Å². The van der Waals surface area contributed by atoms with Crippen LogP contribution in [0.4, 0.5) is 0 Å². The topological polar surface area (TPSA) is 61.4 Å². The zero-order chi connectivity index (χ0) is 17.8. The lowest BCUT2D eigenvalue weighted by atomic mass is 9.96. The SMILES string of the molecule is Cc1cccc(C(=O)N2CCC[C@H](CNC(=O)[C@@H]3CCCN3)C2)c1C. The number of amides is 2. The van der Waals surface area contributed by atoms with Crippen LogP contribution in [0.25, 0.3) is 0 Å². The van der Waals surface area contributed by atoms with Crippen LogP contribution >= 0.6 is 0 Å². The van der Waals surface area contributed by atoms with Crippen molar-refractivity contribution in [2.75, 3.05) is 26.2 Å². The highest BCUT2D eigenvalue weighted by Gasteiger charge is 2.27. The van der Waals surface area contributed by atoms with Crippen molar-refractivity contribution in [3.63, 3.8) is 0 Å². The number of carbonyl (C=O) groups is 2. The van der Waals surface area contributed by atoms with Crippen molar-refractivity contribution in [2.24, 2.45) is 5.92 Å². The van der Waals surface area contributed by atoms with Gasteiger partial charge in [-0.1, -0.05) is 12.1 Å². The highest BCUT2D eigenvalue weighted by molar-refractivity contribution is 5.96. The first kappa shape index (κ1) is 17.9. The molecule has 1 aromatic carbocycles. The molecule has 0 saturated carbocycles. The predicted octanol–water partition coefficient (Wildman–Crippen LogP) is 2.02. The van der Waals surface area contributed by atoms with Crippen molar-refractivity contribution in [3.05, 3.63) is 34.9 Å². The van der Waals surface area contributed by atoms with E-state index in [2.05, 4.69) is 10.6 Å². The summed E-state index contributed by atoms with van der Waals surface area (Å²) in [5.74, 6) is 0.568. The van der Waals surface area contributed by atoms with Crippen LogP contribution < -0.4 is 10.6 Å². The maximum Gasteiger partial charge on any atom is 0.254 e.